The van der Waals surface area contributed by atoms with E-state index in [0.717, 1.165) is 17.8 Å². The average molecular weight is 248 g/mol. The number of carbonyl (C=O) groups excluding carboxylic acids is 1. The molecule has 3 nitrogen and oxygen atoms in total. The van der Waals surface area contributed by atoms with Crippen LogP contribution in [0.4, 0.5) is 5.69 Å². The molecule has 1 aromatic carbocycles. The summed E-state index contributed by atoms with van der Waals surface area (Å²) < 4.78 is 0. The van der Waals surface area contributed by atoms with Crippen LogP contribution >= 0.6 is 0 Å². The van der Waals surface area contributed by atoms with Crippen molar-refractivity contribution < 1.29 is 4.79 Å². The molecule has 100 valence electrons. The van der Waals surface area contributed by atoms with E-state index in [0.29, 0.717) is 5.92 Å². The molecule has 0 atom stereocenters. The molecule has 18 heavy (non-hydrogen) atoms. The molecular formula is C15H24N2O. The molecule has 1 aromatic rings. The lowest BCUT2D eigenvalue weighted by atomic mass is 9.99. The van der Waals surface area contributed by atoms with Crippen LogP contribution in [0.1, 0.15) is 46.1 Å². The quantitative estimate of drug-likeness (QED) is 0.840. The monoisotopic (exact) mass is 248 g/mol. The summed E-state index contributed by atoms with van der Waals surface area (Å²) in [5.74, 6) is 0.390. The van der Waals surface area contributed by atoms with Crippen LogP contribution in [0.25, 0.3) is 0 Å². The lowest BCUT2D eigenvalue weighted by molar-refractivity contribution is -0.121. The van der Waals surface area contributed by atoms with E-state index in [-0.39, 0.29) is 5.91 Å². The van der Waals surface area contributed by atoms with Crippen molar-refractivity contribution in [2.45, 2.75) is 46.1 Å². The Kier molecular flexibility index (Phi) is 4.91. The van der Waals surface area contributed by atoms with Crippen LogP contribution in [-0.4, -0.2) is 18.0 Å². The van der Waals surface area contributed by atoms with Gasteiger partial charge in [-0.25, -0.2) is 0 Å². The van der Waals surface area contributed by atoms with Crippen molar-refractivity contribution in [1.82, 2.24) is 5.32 Å². The lowest BCUT2D eigenvalue weighted by Gasteiger charge is -2.25. The number of amides is 1. The smallest absolute Gasteiger partial charge is 0.244 e. The summed E-state index contributed by atoms with van der Waals surface area (Å²) >= 11 is 0. The first-order valence-corrected chi connectivity index (χ1v) is 6.54. The molecule has 0 aliphatic carbocycles. The average Bonchev–Trinajstić information content (AvgIpc) is 2.29. The second-order valence-electron chi connectivity index (χ2n) is 5.35. The SMILES string of the molecule is CCNC(C)(C)C(=O)Nc1ccccc1C(C)C. The molecule has 0 bridgehead atoms. The Morgan fingerprint density at radius 3 is 2.44 bits per heavy atom. The Labute approximate surface area is 110 Å². The number of para-hydroxylation sites is 1. The van der Waals surface area contributed by atoms with Crippen LogP contribution in [0.3, 0.4) is 0 Å². The van der Waals surface area contributed by atoms with Crippen molar-refractivity contribution in [2.75, 3.05) is 11.9 Å². The van der Waals surface area contributed by atoms with Crippen LogP contribution in [0.15, 0.2) is 24.3 Å². The minimum Gasteiger partial charge on any atom is -0.324 e. The van der Waals surface area contributed by atoms with Crippen molar-refractivity contribution in [3.63, 3.8) is 0 Å². The topological polar surface area (TPSA) is 41.1 Å². The van der Waals surface area contributed by atoms with Gasteiger partial charge in [-0.1, -0.05) is 39.0 Å². The maximum atomic E-state index is 12.2. The van der Waals surface area contributed by atoms with Crippen molar-refractivity contribution in [3.05, 3.63) is 29.8 Å². The zero-order valence-electron chi connectivity index (χ0n) is 12.0. The number of likely N-dealkylation sites (N-methyl/N-ethyl adjacent to an activating group) is 1. The normalized spacial score (nSPS) is 11.7. The van der Waals surface area contributed by atoms with E-state index in [1.165, 1.54) is 0 Å². The van der Waals surface area contributed by atoms with Gasteiger partial charge in [-0.15, -0.1) is 0 Å². The molecule has 0 saturated carbocycles. The molecule has 0 unspecified atom stereocenters. The number of hydrogen-bond acceptors (Lipinski definition) is 2. The first-order chi connectivity index (χ1) is 8.38. The Hall–Kier alpha value is -1.35. The highest BCUT2D eigenvalue weighted by Crippen LogP contribution is 2.24. The van der Waals surface area contributed by atoms with Gasteiger partial charge in [0.1, 0.15) is 0 Å². The molecule has 1 amide bonds. The lowest BCUT2D eigenvalue weighted by Crippen LogP contribution is -2.49. The minimum absolute atomic E-state index is 0.00236. The van der Waals surface area contributed by atoms with Gasteiger partial charge in [0, 0.05) is 5.69 Å². The summed E-state index contributed by atoms with van der Waals surface area (Å²) in [7, 11) is 0. The van der Waals surface area contributed by atoms with Gasteiger partial charge in [0.25, 0.3) is 0 Å². The number of carbonyl (C=O) groups is 1. The fourth-order valence-corrected chi connectivity index (χ4v) is 1.92. The number of rotatable bonds is 5. The maximum Gasteiger partial charge on any atom is 0.244 e. The Morgan fingerprint density at radius 2 is 1.89 bits per heavy atom. The molecule has 0 heterocycles. The first-order valence-electron chi connectivity index (χ1n) is 6.54. The van der Waals surface area contributed by atoms with Gasteiger partial charge in [0.15, 0.2) is 0 Å². The summed E-state index contributed by atoms with van der Waals surface area (Å²) in [5.41, 5.74) is 1.51. The Morgan fingerprint density at radius 1 is 1.28 bits per heavy atom. The van der Waals surface area contributed by atoms with Crippen LogP contribution in [0.2, 0.25) is 0 Å². The van der Waals surface area contributed by atoms with Gasteiger partial charge in [0.05, 0.1) is 5.54 Å². The second kappa shape index (κ2) is 6.01. The van der Waals surface area contributed by atoms with Crippen molar-refractivity contribution in [1.29, 1.82) is 0 Å². The first kappa shape index (κ1) is 14.7. The van der Waals surface area contributed by atoms with Gasteiger partial charge >= 0.3 is 0 Å². The molecule has 1 rings (SSSR count). The van der Waals surface area contributed by atoms with E-state index in [1.54, 1.807) is 0 Å². The molecule has 0 spiro atoms. The second-order valence-corrected chi connectivity index (χ2v) is 5.35. The van der Waals surface area contributed by atoms with Crippen molar-refractivity contribution in [2.24, 2.45) is 0 Å². The Balaban J connectivity index is 2.88. The summed E-state index contributed by atoms with van der Waals surface area (Å²) in [6.07, 6.45) is 0. The molecule has 0 fully saturated rings. The molecule has 3 heteroatoms. The van der Waals surface area contributed by atoms with E-state index < -0.39 is 5.54 Å². The summed E-state index contributed by atoms with van der Waals surface area (Å²) in [4.78, 5) is 12.2. The number of hydrogen-bond donors (Lipinski definition) is 2. The third-order valence-corrected chi connectivity index (χ3v) is 3.02. The highest BCUT2D eigenvalue weighted by Gasteiger charge is 2.26. The van der Waals surface area contributed by atoms with Crippen LogP contribution in [0, 0.1) is 0 Å². The summed E-state index contributed by atoms with van der Waals surface area (Å²) in [6.45, 7) is 10.8. The standard InChI is InChI=1S/C15H24N2O/c1-6-16-15(4,5)14(18)17-13-10-8-7-9-12(13)11(2)3/h7-11,16H,6H2,1-5H3,(H,17,18). The minimum atomic E-state index is -0.557. The van der Waals surface area contributed by atoms with Crippen molar-refractivity contribution >= 4 is 11.6 Å². The predicted molar refractivity (Wildman–Crippen MR) is 76.9 cm³/mol. The molecule has 0 aromatic heterocycles. The van der Waals surface area contributed by atoms with Gasteiger partial charge in [-0.3, -0.25) is 4.79 Å². The van der Waals surface area contributed by atoms with E-state index in [4.69, 9.17) is 0 Å². The summed E-state index contributed by atoms with van der Waals surface area (Å²) in [5, 5.41) is 6.19. The zero-order valence-corrected chi connectivity index (χ0v) is 12.0. The summed E-state index contributed by atoms with van der Waals surface area (Å²) in [6, 6.07) is 7.96. The maximum absolute atomic E-state index is 12.2. The van der Waals surface area contributed by atoms with E-state index in [9.17, 15) is 4.79 Å². The molecule has 0 saturated heterocycles. The molecule has 0 radical (unpaired) electrons. The third-order valence-electron chi connectivity index (χ3n) is 3.02. The number of nitrogens with one attached hydrogen (secondary N) is 2. The zero-order chi connectivity index (χ0) is 13.8. The number of anilines is 1. The highest BCUT2D eigenvalue weighted by atomic mass is 16.2. The largest absolute Gasteiger partial charge is 0.324 e. The van der Waals surface area contributed by atoms with Crippen LogP contribution in [0.5, 0.6) is 0 Å². The third kappa shape index (κ3) is 3.57. The highest BCUT2D eigenvalue weighted by molar-refractivity contribution is 5.98. The van der Waals surface area contributed by atoms with E-state index in [2.05, 4.69) is 30.5 Å². The molecular weight excluding hydrogens is 224 g/mol. The van der Waals surface area contributed by atoms with E-state index in [1.807, 2.05) is 39.0 Å². The van der Waals surface area contributed by atoms with E-state index >= 15 is 0 Å². The van der Waals surface area contributed by atoms with Gasteiger partial charge in [-0.2, -0.15) is 0 Å². The van der Waals surface area contributed by atoms with Gasteiger partial charge < -0.3 is 10.6 Å². The molecule has 0 aliphatic rings. The predicted octanol–water partition coefficient (Wildman–Crippen LogP) is 3.14. The fourth-order valence-electron chi connectivity index (χ4n) is 1.92. The van der Waals surface area contributed by atoms with Crippen LogP contribution < -0.4 is 10.6 Å². The number of benzene rings is 1. The van der Waals surface area contributed by atoms with Gasteiger partial charge in [0.2, 0.25) is 5.91 Å². The molecule has 0 aliphatic heterocycles. The van der Waals surface area contributed by atoms with Gasteiger partial charge in [-0.05, 0) is 37.9 Å². The van der Waals surface area contributed by atoms with Crippen molar-refractivity contribution in [3.8, 4) is 0 Å². The molecule has 2 N–H and O–H groups in total. The fraction of sp³-hybridized carbons (Fsp3) is 0.533. The Bertz CT molecular complexity index is 411. The van der Waals surface area contributed by atoms with Crippen LogP contribution in [-0.2, 0) is 4.79 Å².